The lowest BCUT2D eigenvalue weighted by Gasteiger charge is -2.40. The van der Waals surface area contributed by atoms with E-state index < -0.39 is 5.41 Å². The van der Waals surface area contributed by atoms with Crippen molar-refractivity contribution in [3.8, 4) is 17.2 Å². The fourth-order valence-electron chi connectivity index (χ4n) is 3.58. The van der Waals surface area contributed by atoms with Gasteiger partial charge in [-0.25, -0.2) is 9.97 Å². The van der Waals surface area contributed by atoms with Crippen molar-refractivity contribution in [2.45, 2.75) is 24.7 Å². The van der Waals surface area contributed by atoms with Gasteiger partial charge in [0.25, 0.3) is 0 Å². The molecule has 0 saturated heterocycles. The molecule has 1 saturated carbocycles. The van der Waals surface area contributed by atoms with Crippen molar-refractivity contribution < 1.29 is 4.79 Å². The molecule has 1 aliphatic carbocycles. The molecule has 0 bridgehead atoms. The number of carbonyl (C=O) groups is 1. The molecule has 1 aromatic heterocycles. The molecule has 7 heteroatoms. The average Bonchev–Trinajstić information content (AvgIpc) is 2.68. The lowest BCUT2D eigenvalue weighted by molar-refractivity contribution is -0.124. The summed E-state index contributed by atoms with van der Waals surface area (Å²) in [4.78, 5) is 21.2. The highest BCUT2D eigenvalue weighted by atomic mass is 35.5. The molecule has 4 rings (SSSR count). The van der Waals surface area contributed by atoms with Gasteiger partial charge in [0.05, 0.1) is 16.0 Å². The summed E-state index contributed by atoms with van der Waals surface area (Å²) in [5, 5.41) is 12.3. The number of nitrogen functional groups attached to an aromatic ring is 1. The Morgan fingerprint density at radius 3 is 2.34 bits per heavy atom. The quantitative estimate of drug-likeness (QED) is 0.675. The van der Waals surface area contributed by atoms with Crippen LogP contribution in [-0.4, -0.2) is 15.9 Å². The zero-order valence-electron chi connectivity index (χ0n) is 15.5. The van der Waals surface area contributed by atoms with E-state index in [4.69, 9.17) is 22.6 Å². The minimum absolute atomic E-state index is 0.0620. The number of rotatable bonds is 4. The summed E-state index contributed by atoms with van der Waals surface area (Å²) in [5.74, 6) is 0.173. The maximum absolute atomic E-state index is 13.1. The van der Waals surface area contributed by atoms with E-state index in [0.717, 1.165) is 36.0 Å². The third-order valence-corrected chi connectivity index (χ3v) is 5.74. The Hall–Kier alpha value is -3.43. The maximum atomic E-state index is 13.1. The highest BCUT2D eigenvalue weighted by molar-refractivity contribution is 6.32. The predicted octanol–water partition coefficient (Wildman–Crippen LogP) is 4.31. The van der Waals surface area contributed by atoms with Crippen LogP contribution in [0.15, 0.2) is 54.9 Å². The van der Waals surface area contributed by atoms with Crippen LogP contribution in [-0.2, 0) is 10.2 Å². The molecule has 29 heavy (non-hydrogen) atoms. The number of amides is 1. The van der Waals surface area contributed by atoms with E-state index in [-0.39, 0.29) is 11.9 Å². The first-order chi connectivity index (χ1) is 14.0. The molecule has 0 unspecified atom stereocenters. The number of anilines is 2. The van der Waals surface area contributed by atoms with Gasteiger partial charge in [-0.3, -0.25) is 4.79 Å². The number of carbonyl (C=O) groups excluding carboxylic acids is 1. The molecule has 0 spiro atoms. The van der Waals surface area contributed by atoms with Gasteiger partial charge in [0.15, 0.2) is 0 Å². The molecule has 1 aliphatic rings. The van der Waals surface area contributed by atoms with Gasteiger partial charge < -0.3 is 11.1 Å². The summed E-state index contributed by atoms with van der Waals surface area (Å²) >= 11 is 6.09. The molecular formula is C22H18ClN5O. The number of nitrogens with two attached hydrogens (primary N) is 1. The van der Waals surface area contributed by atoms with Crippen molar-refractivity contribution in [3.63, 3.8) is 0 Å². The van der Waals surface area contributed by atoms with E-state index in [9.17, 15) is 4.79 Å². The topological polar surface area (TPSA) is 105 Å². The molecule has 0 aliphatic heterocycles. The molecule has 0 radical (unpaired) electrons. The van der Waals surface area contributed by atoms with E-state index in [1.54, 1.807) is 30.6 Å². The summed E-state index contributed by atoms with van der Waals surface area (Å²) in [7, 11) is 0. The van der Waals surface area contributed by atoms with Crippen LogP contribution in [0.25, 0.3) is 11.1 Å². The number of aromatic nitrogens is 2. The Morgan fingerprint density at radius 1 is 1.10 bits per heavy atom. The molecule has 3 aromatic rings. The number of benzene rings is 2. The summed E-state index contributed by atoms with van der Waals surface area (Å²) in [6.07, 6.45) is 5.92. The SMILES string of the molecule is N#Cc1ccc(NC(=O)C2(c3ccc(-c4cnc(N)nc4)cc3)CCC2)cc1Cl. The van der Waals surface area contributed by atoms with Gasteiger partial charge in [-0.1, -0.05) is 42.3 Å². The number of nitrogens with zero attached hydrogens (tertiary/aromatic N) is 3. The number of hydrogen-bond donors (Lipinski definition) is 2. The highest BCUT2D eigenvalue weighted by Gasteiger charge is 2.45. The summed E-state index contributed by atoms with van der Waals surface area (Å²) < 4.78 is 0. The van der Waals surface area contributed by atoms with Crippen molar-refractivity contribution >= 4 is 29.1 Å². The maximum Gasteiger partial charge on any atom is 0.235 e. The van der Waals surface area contributed by atoms with Crippen LogP contribution >= 0.6 is 11.6 Å². The highest BCUT2D eigenvalue weighted by Crippen LogP contribution is 2.45. The smallest absolute Gasteiger partial charge is 0.235 e. The summed E-state index contributed by atoms with van der Waals surface area (Å²) in [6.45, 7) is 0. The Morgan fingerprint density at radius 2 is 1.79 bits per heavy atom. The molecular weight excluding hydrogens is 386 g/mol. The van der Waals surface area contributed by atoms with E-state index in [1.807, 2.05) is 30.3 Å². The van der Waals surface area contributed by atoms with Crippen molar-refractivity contribution in [2.24, 2.45) is 0 Å². The third kappa shape index (κ3) is 3.53. The van der Waals surface area contributed by atoms with Gasteiger partial charge in [-0.15, -0.1) is 0 Å². The van der Waals surface area contributed by atoms with Crippen LogP contribution in [0.1, 0.15) is 30.4 Å². The molecule has 3 N–H and O–H groups in total. The van der Waals surface area contributed by atoms with Gasteiger partial charge in [-0.05, 0) is 42.2 Å². The van der Waals surface area contributed by atoms with Crippen LogP contribution in [0.2, 0.25) is 5.02 Å². The first kappa shape index (κ1) is 18.9. The summed E-state index contributed by atoms with van der Waals surface area (Å²) in [5.41, 5.74) is 8.75. The zero-order valence-corrected chi connectivity index (χ0v) is 16.3. The lowest BCUT2D eigenvalue weighted by Crippen LogP contribution is -2.46. The van der Waals surface area contributed by atoms with Gasteiger partial charge in [0.1, 0.15) is 6.07 Å². The Bertz CT molecular complexity index is 1100. The van der Waals surface area contributed by atoms with E-state index >= 15 is 0 Å². The third-order valence-electron chi connectivity index (χ3n) is 5.43. The predicted molar refractivity (Wildman–Crippen MR) is 112 cm³/mol. The zero-order chi connectivity index (χ0) is 20.4. The molecule has 1 amide bonds. The van der Waals surface area contributed by atoms with E-state index in [2.05, 4.69) is 15.3 Å². The fraction of sp³-hybridized carbons (Fsp3) is 0.182. The van der Waals surface area contributed by atoms with Crippen LogP contribution < -0.4 is 11.1 Å². The standard InChI is InChI=1S/C22H18ClN5O/c23-19-10-18(7-4-15(19)11-24)28-20(29)22(8-1-9-22)17-5-2-14(3-6-17)16-12-26-21(25)27-13-16/h2-7,10,12-13H,1,8-9H2,(H,28,29)(H2,25,26,27). The Labute approximate surface area is 173 Å². The molecule has 1 fully saturated rings. The monoisotopic (exact) mass is 403 g/mol. The molecule has 1 heterocycles. The van der Waals surface area contributed by atoms with Crippen molar-refractivity contribution in [3.05, 3.63) is 71.0 Å². The molecule has 2 aromatic carbocycles. The second-order valence-electron chi connectivity index (χ2n) is 7.10. The van der Waals surface area contributed by atoms with Gasteiger partial charge in [0.2, 0.25) is 11.9 Å². The number of nitriles is 1. The Balaban J connectivity index is 1.57. The van der Waals surface area contributed by atoms with Gasteiger partial charge in [-0.2, -0.15) is 5.26 Å². The Kier molecular flexibility index (Phi) is 4.91. The van der Waals surface area contributed by atoms with Crippen LogP contribution in [0.5, 0.6) is 0 Å². The van der Waals surface area contributed by atoms with Crippen molar-refractivity contribution in [1.82, 2.24) is 9.97 Å². The first-order valence-electron chi connectivity index (χ1n) is 9.21. The number of halogens is 1. The summed E-state index contributed by atoms with van der Waals surface area (Å²) in [6, 6.07) is 14.8. The first-order valence-corrected chi connectivity index (χ1v) is 9.59. The van der Waals surface area contributed by atoms with Crippen molar-refractivity contribution in [2.75, 3.05) is 11.1 Å². The fourth-order valence-corrected chi connectivity index (χ4v) is 3.80. The van der Waals surface area contributed by atoms with E-state index in [0.29, 0.717) is 16.3 Å². The van der Waals surface area contributed by atoms with Gasteiger partial charge in [0, 0.05) is 23.6 Å². The molecule has 6 nitrogen and oxygen atoms in total. The lowest BCUT2D eigenvalue weighted by atomic mass is 9.63. The molecule has 144 valence electrons. The number of hydrogen-bond acceptors (Lipinski definition) is 5. The van der Waals surface area contributed by atoms with Crippen LogP contribution in [0.4, 0.5) is 11.6 Å². The minimum atomic E-state index is -0.559. The number of nitrogens with one attached hydrogen (secondary N) is 1. The second kappa shape index (κ2) is 7.53. The molecule has 0 atom stereocenters. The normalized spacial score (nSPS) is 14.5. The van der Waals surface area contributed by atoms with Gasteiger partial charge >= 0.3 is 0 Å². The van der Waals surface area contributed by atoms with E-state index in [1.165, 1.54) is 0 Å². The minimum Gasteiger partial charge on any atom is -0.368 e. The largest absolute Gasteiger partial charge is 0.368 e. The van der Waals surface area contributed by atoms with Crippen molar-refractivity contribution in [1.29, 1.82) is 5.26 Å². The van der Waals surface area contributed by atoms with Crippen LogP contribution in [0, 0.1) is 11.3 Å². The van der Waals surface area contributed by atoms with Crippen LogP contribution in [0.3, 0.4) is 0 Å². The average molecular weight is 404 g/mol. The second-order valence-corrected chi connectivity index (χ2v) is 7.51.